The number of amides is 1. The minimum atomic E-state index is -0.0556. The SMILES string of the molecule is C=C(C)C(=O)NC(CC)[N+](C)(C)C.[I-]. The van der Waals surface area contributed by atoms with Crippen LogP contribution in [0.15, 0.2) is 12.2 Å². The third-order valence-corrected chi connectivity index (χ3v) is 2.01. The highest BCUT2D eigenvalue weighted by molar-refractivity contribution is 5.92. The molecule has 0 aliphatic rings. The van der Waals surface area contributed by atoms with Crippen molar-refractivity contribution in [3.05, 3.63) is 12.2 Å². The van der Waals surface area contributed by atoms with Gasteiger partial charge in [-0.3, -0.25) is 4.79 Å². The smallest absolute Gasteiger partial charge is 0.250 e. The summed E-state index contributed by atoms with van der Waals surface area (Å²) in [5, 5.41) is 2.94. The van der Waals surface area contributed by atoms with Gasteiger partial charge in [0.05, 0.1) is 21.1 Å². The maximum atomic E-state index is 11.3. The van der Waals surface area contributed by atoms with Crippen molar-refractivity contribution in [1.82, 2.24) is 5.32 Å². The molecule has 1 atom stereocenters. The Kier molecular flexibility index (Phi) is 7.46. The number of carbonyl (C=O) groups excluding carboxylic acids is 1. The van der Waals surface area contributed by atoms with Gasteiger partial charge in [-0.15, -0.1) is 0 Å². The molecule has 84 valence electrons. The Labute approximate surface area is 104 Å². The summed E-state index contributed by atoms with van der Waals surface area (Å²) in [7, 11) is 6.19. The van der Waals surface area contributed by atoms with Gasteiger partial charge in [0.25, 0.3) is 5.91 Å². The van der Waals surface area contributed by atoms with Crippen LogP contribution in [0.3, 0.4) is 0 Å². The van der Waals surface area contributed by atoms with E-state index in [-0.39, 0.29) is 36.0 Å². The number of carbonyl (C=O) groups is 1. The van der Waals surface area contributed by atoms with E-state index in [1.807, 2.05) is 0 Å². The maximum Gasteiger partial charge on any atom is 0.250 e. The van der Waals surface area contributed by atoms with Gasteiger partial charge < -0.3 is 33.8 Å². The second kappa shape index (κ2) is 6.40. The topological polar surface area (TPSA) is 29.1 Å². The van der Waals surface area contributed by atoms with Crippen LogP contribution in [0.25, 0.3) is 0 Å². The molecular weight excluding hydrogens is 291 g/mol. The molecular formula is C10H21IN2O. The zero-order valence-electron chi connectivity index (χ0n) is 9.72. The lowest BCUT2D eigenvalue weighted by Gasteiger charge is -2.33. The fourth-order valence-electron chi connectivity index (χ4n) is 1.12. The number of nitrogens with zero attached hydrogens (tertiary/aromatic N) is 1. The summed E-state index contributed by atoms with van der Waals surface area (Å²) in [5.41, 5.74) is 0.562. The molecule has 0 saturated carbocycles. The number of hydrogen-bond acceptors (Lipinski definition) is 1. The molecule has 0 fully saturated rings. The van der Waals surface area contributed by atoms with Crippen molar-refractivity contribution in [2.75, 3.05) is 21.1 Å². The van der Waals surface area contributed by atoms with Crippen LogP contribution in [0.5, 0.6) is 0 Å². The van der Waals surface area contributed by atoms with Crippen molar-refractivity contribution in [3.63, 3.8) is 0 Å². The normalized spacial score (nSPS) is 12.6. The van der Waals surface area contributed by atoms with E-state index < -0.39 is 0 Å². The molecule has 14 heavy (non-hydrogen) atoms. The molecule has 1 amide bonds. The summed E-state index contributed by atoms with van der Waals surface area (Å²) in [4.78, 5) is 11.3. The number of nitrogens with one attached hydrogen (secondary N) is 1. The van der Waals surface area contributed by atoms with E-state index in [0.717, 1.165) is 10.9 Å². The minimum absolute atomic E-state index is 0. The molecule has 0 spiro atoms. The van der Waals surface area contributed by atoms with E-state index in [1.165, 1.54) is 0 Å². The molecule has 1 unspecified atom stereocenters. The Morgan fingerprint density at radius 1 is 1.43 bits per heavy atom. The molecule has 3 nitrogen and oxygen atoms in total. The summed E-state index contributed by atoms with van der Waals surface area (Å²) < 4.78 is 0.732. The van der Waals surface area contributed by atoms with Gasteiger partial charge in [-0.25, -0.2) is 0 Å². The number of quaternary nitrogens is 1. The Bertz CT molecular complexity index is 209. The van der Waals surface area contributed by atoms with Crippen molar-refractivity contribution in [2.24, 2.45) is 0 Å². The van der Waals surface area contributed by atoms with Crippen molar-refractivity contribution >= 4 is 5.91 Å². The van der Waals surface area contributed by atoms with Crippen LogP contribution >= 0.6 is 0 Å². The molecule has 0 bridgehead atoms. The Hall–Kier alpha value is -0.100. The van der Waals surface area contributed by atoms with Gasteiger partial charge in [0, 0.05) is 12.0 Å². The molecule has 0 saturated heterocycles. The first-order valence-corrected chi connectivity index (χ1v) is 4.56. The second-order valence-electron chi connectivity index (χ2n) is 4.29. The fourth-order valence-corrected chi connectivity index (χ4v) is 1.12. The van der Waals surface area contributed by atoms with Crippen LogP contribution in [0.2, 0.25) is 0 Å². The summed E-state index contributed by atoms with van der Waals surface area (Å²) in [6.07, 6.45) is 1.08. The third kappa shape index (κ3) is 5.59. The molecule has 0 aromatic carbocycles. The van der Waals surface area contributed by atoms with E-state index in [9.17, 15) is 4.79 Å². The number of halogens is 1. The molecule has 0 radical (unpaired) electrons. The first-order chi connectivity index (χ1) is 5.79. The Balaban J connectivity index is 0. The van der Waals surface area contributed by atoms with Gasteiger partial charge in [0.1, 0.15) is 0 Å². The highest BCUT2D eigenvalue weighted by Crippen LogP contribution is 2.04. The van der Waals surface area contributed by atoms with Crippen molar-refractivity contribution in [3.8, 4) is 0 Å². The first-order valence-electron chi connectivity index (χ1n) is 4.56. The first kappa shape index (κ1) is 16.3. The van der Waals surface area contributed by atoms with Crippen LogP contribution in [0.4, 0.5) is 0 Å². The molecule has 0 aromatic rings. The van der Waals surface area contributed by atoms with Crippen LogP contribution in [-0.4, -0.2) is 37.7 Å². The van der Waals surface area contributed by atoms with Crippen LogP contribution < -0.4 is 29.3 Å². The standard InChI is InChI=1S/C10H20N2O.HI/c1-7-9(12(4,5)6)11-10(13)8(2)3;/h9H,2,7H2,1,3-6H3;1H. The van der Waals surface area contributed by atoms with Crippen LogP contribution in [0, 0.1) is 0 Å². The molecule has 0 heterocycles. The minimum Gasteiger partial charge on any atom is -1.00 e. The fraction of sp³-hybridized carbons (Fsp3) is 0.700. The van der Waals surface area contributed by atoms with Crippen molar-refractivity contribution in [1.29, 1.82) is 0 Å². The summed E-state index contributed by atoms with van der Waals surface area (Å²) in [6, 6.07) is 0. The predicted molar refractivity (Wildman–Crippen MR) is 55.1 cm³/mol. The lowest BCUT2D eigenvalue weighted by atomic mass is 10.2. The molecule has 4 heteroatoms. The lowest BCUT2D eigenvalue weighted by Crippen LogP contribution is -3.00. The molecule has 0 aliphatic carbocycles. The van der Waals surface area contributed by atoms with E-state index in [0.29, 0.717) is 5.57 Å². The number of hydrogen-bond donors (Lipinski definition) is 1. The van der Waals surface area contributed by atoms with Gasteiger partial charge in [-0.2, -0.15) is 0 Å². The monoisotopic (exact) mass is 312 g/mol. The van der Waals surface area contributed by atoms with Gasteiger partial charge >= 0.3 is 0 Å². The summed E-state index contributed by atoms with van der Waals surface area (Å²) >= 11 is 0. The average molecular weight is 312 g/mol. The van der Waals surface area contributed by atoms with Crippen LogP contribution in [-0.2, 0) is 4.79 Å². The highest BCUT2D eigenvalue weighted by atomic mass is 127. The number of rotatable bonds is 4. The summed E-state index contributed by atoms with van der Waals surface area (Å²) in [5.74, 6) is -0.0556. The van der Waals surface area contributed by atoms with E-state index in [1.54, 1.807) is 6.92 Å². The Morgan fingerprint density at radius 2 is 1.86 bits per heavy atom. The maximum absolute atomic E-state index is 11.3. The van der Waals surface area contributed by atoms with E-state index >= 15 is 0 Å². The molecule has 0 aliphatic heterocycles. The zero-order valence-corrected chi connectivity index (χ0v) is 11.9. The van der Waals surface area contributed by atoms with Crippen LogP contribution in [0.1, 0.15) is 20.3 Å². The van der Waals surface area contributed by atoms with Gasteiger partial charge in [-0.1, -0.05) is 13.5 Å². The zero-order chi connectivity index (χ0) is 10.6. The Morgan fingerprint density at radius 3 is 2.07 bits per heavy atom. The molecule has 1 N–H and O–H groups in total. The lowest BCUT2D eigenvalue weighted by molar-refractivity contribution is -0.898. The van der Waals surface area contributed by atoms with Crippen molar-refractivity contribution < 1.29 is 33.3 Å². The highest BCUT2D eigenvalue weighted by Gasteiger charge is 2.23. The molecule has 0 aromatic heterocycles. The second-order valence-corrected chi connectivity index (χ2v) is 4.29. The van der Waals surface area contributed by atoms with Crippen molar-refractivity contribution in [2.45, 2.75) is 26.4 Å². The summed E-state index contributed by atoms with van der Waals surface area (Å²) in [6.45, 7) is 7.39. The quantitative estimate of drug-likeness (QED) is 0.280. The molecule has 0 rings (SSSR count). The van der Waals surface area contributed by atoms with Gasteiger partial charge in [0.2, 0.25) is 0 Å². The van der Waals surface area contributed by atoms with Gasteiger partial charge in [-0.05, 0) is 6.92 Å². The predicted octanol–water partition coefficient (Wildman–Crippen LogP) is -1.87. The largest absolute Gasteiger partial charge is 1.00 e. The van der Waals surface area contributed by atoms with Gasteiger partial charge in [0.15, 0.2) is 6.17 Å². The average Bonchev–Trinajstić information content (AvgIpc) is 1.96. The third-order valence-electron chi connectivity index (χ3n) is 2.01. The van der Waals surface area contributed by atoms with E-state index in [2.05, 4.69) is 40.0 Å². The van der Waals surface area contributed by atoms with E-state index in [4.69, 9.17) is 0 Å².